The van der Waals surface area contributed by atoms with Gasteiger partial charge in [0.2, 0.25) is 0 Å². The maximum Gasteiger partial charge on any atom is 0.296 e. The highest BCUT2D eigenvalue weighted by atomic mass is 16.5. The molecule has 0 spiro atoms. The summed E-state index contributed by atoms with van der Waals surface area (Å²) in [5.74, 6) is 0.829. The van der Waals surface area contributed by atoms with Gasteiger partial charge >= 0.3 is 0 Å². The Morgan fingerprint density at radius 3 is 2.85 bits per heavy atom. The van der Waals surface area contributed by atoms with Crippen molar-refractivity contribution < 1.29 is 9.15 Å². The summed E-state index contributed by atoms with van der Waals surface area (Å²) in [5, 5.41) is 3.14. The number of hydrogen-bond donors (Lipinski definition) is 2. The predicted octanol–water partition coefficient (Wildman–Crippen LogP) is 3.03. The fraction of sp³-hybridized carbons (Fsp3) is 0.133. The lowest BCUT2D eigenvalue weighted by Gasteiger charge is -2.07. The zero-order chi connectivity index (χ0) is 13.9. The molecular formula is C15H15N3O2. The van der Waals surface area contributed by atoms with Crippen LogP contribution < -0.4 is 15.8 Å². The van der Waals surface area contributed by atoms with Crippen molar-refractivity contribution in [2.24, 2.45) is 0 Å². The molecule has 0 amide bonds. The smallest absolute Gasteiger partial charge is 0.296 e. The maximum absolute atomic E-state index is 5.85. The highest BCUT2D eigenvalue weighted by molar-refractivity contribution is 5.86. The molecule has 2 aromatic carbocycles. The molecular weight excluding hydrogens is 254 g/mol. The minimum absolute atomic E-state index is 0.448. The molecule has 20 heavy (non-hydrogen) atoms. The first-order valence-corrected chi connectivity index (χ1v) is 6.28. The van der Waals surface area contributed by atoms with Crippen LogP contribution in [0.5, 0.6) is 5.75 Å². The van der Waals surface area contributed by atoms with Gasteiger partial charge < -0.3 is 20.2 Å². The molecule has 3 rings (SSSR count). The Hall–Kier alpha value is -2.69. The number of para-hydroxylation sites is 2. The molecule has 0 saturated carbocycles. The number of nitrogen functional groups attached to an aromatic ring is 1. The van der Waals surface area contributed by atoms with Gasteiger partial charge in [0.25, 0.3) is 6.01 Å². The minimum Gasteiger partial charge on any atom is -0.496 e. The predicted molar refractivity (Wildman–Crippen MR) is 78.7 cm³/mol. The second-order valence-electron chi connectivity index (χ2n) is 4.38. The van der Waals surface area contributed by atoms with Gasteiger partial charge in [0.1, 0.15) is 11.3 Å². The summed E-state index contributed by atoms with van der Waals surface area (Å²) in [6.07, 6.45) is 0. The molecule has 1 heterocycles. The first-order valence-electron chi connectivity index (χ1n) is 6.28. The van der Waals surface area contributed by atoms with Crippen LogP contribution in [0.2, 0.25) is 0 Å². The molecule has 0 aliphatic heterocycles. The molecule has 0 aliphatic rings. The number of ether oxygens (including phenoxy) is 1. The zero-order valence-corrected chi connectivity index (χ0v) is 11.1. The molecule has 1 aromatic heterocycles. The van der Waals surface area contributed by atoms with Crippen molar-refractivity contribution in [3.63, 3.8) is 0 Å². The summed E-state index contributed by atoms with van der Waals surface area (Å²) in [5.41, 5.74) is 8.84. The molecule has 0 fully saturated rings. The summed E-state index contributed by atoms with van der Waals surface area (Å²) < 4.78 is 10.9. The van der Waals surface area contributed by atoms with Crippen molar-refractivity contribution in [3.05, 3.63) is 48.0 Å². The third-order valence-electron chi connectivity index (χ3n) is 3.07. The van der Waals surface area contributed by atoms with Crippen LogP contribution in [0.25, 0.3) is 11.1 Å². The number of rotatable bonds is 4. The molecule has 0 saturated heterocycles. The second-order valence-corrected chi connectivity index (χ2v) is 4.38. The van der Waals surface area contributed by atoms with E-state index in [1.54, 1.807) is 13.2 Å². The second kappa shape index (κ2) is 5.13. The number of hydrogen-bond acceptors (Lipinski definition) is 5. The highest BCUT2D eigenvalue weighted by Crippen LogP contribution is 2.24. The van der Waals surface area contributed by atoms with Gasteiger partial charge in [-0.1, -0.05) is 24.3 Å². The van der Waals surface area contributed by atoms with Crippen LogP contribution in [0, 0.1) is 0 Å². The molecule has 5 nitrogen and oxygen atoms in total. The molecule has 0 aliphatic carbocycles. The highest BCUT2D eigenvalue weighted by Gasteiger charge is 2.08. The summed E-state index contributed by atoms with van der Waals surface area (Å²) in [6, 6.07) is 13.7. The molecule has 3 aromatic rings. The van der Waals surface area contributed by atoms with Gasteiger partial charge in [0.05, 0.1) is 12.8 Å². The van der Waals surface area contributed by atoms with Crippen LogP contribution in [0.1, 0.15) is 5.56 Å². The molecule has 0 radical (unpaired) electrons. The monoisotopic (exact) mass is 269 g/mol. The van der Waals surface area contributed by atoms with E-state index in [1.165, 1.54) is 0 Å². The van der Waals surface area contributed by atoms with Crippen molar-refractivity contribution in [2.45, 2.75) is 6.54 Å². The fourth-order valence-corrected chi connectivity index (χ4v) is 2.07. The third kappa shape index (κ3) is 2.25. The summed E-state index contributed by atoms with van der Waals surface area (Å²) in [6.45, 7) is 0.566. The van der Waals surface area contributed by atoms with Crippen molar-refractivity contribution >= 4 is 22.8 Å². The first kappa shape index (κ1) is 12.3. The Bertz CT molecular complexity index is 737. The van der Waals surface area contributed by atoms with E-state index in [-0.39, 0.29) is 0 Å². The van der Waals surface area contributed by atoms with Crippen LogP contribution in [-0.4, -0.2) is 12.1 Å². The number of benzene rings is 2. The quantitative estimate of drug-likeness (QED) is 0.712. The SMILES string of the molecule is COc1ccccc1CNc1nc2c(N)cccc2o1. The Morgan fingerprint density at radius 2 is 2.05 bits per heavy atom. The van der Waals surface area contributed by atoms with E-state index < -0.39 is 0 Å². The third-order valence-corrected chi connectivity index (χ3v) is 3.07. The normalized spacial score (nSPS) is 10.7. The number of methoxy groups -OCH3 is 1. The van der Waals surface area contributed by atoms with Crippen molar-refractivity contribution in [1.82, 2.24) is 4.98 Å². The van der Waals surface area contributed by atoms with E-state index in [2.05, 4.69) is 10.3 Å². The van der Waals surface area contributed by atoms with E-state index in [9.17, 15) is 0 Å². The number of oxazole rings is 1. The van der Waals surface area contributed by atoms with E-state index in [1.807, 2.05) is 36.4 Å². The average Bonchev–Trinajstić information content (AvgIpc) is 2.90. The lowest BCUT2D eigenvalue weighted by molar-refractivity contribution is 0.410. The van der Waals surface area contributed by atoms with Gasteiger partial charge in [-0.15, -0.1) is 0 Å². The molecule has 0 unspecified atom stereocenters. The van der Waals surface area contributed by atoms with Crippen LogP contribution in [-0.2, 0) is 6.54 Å². The average molecular weight is 269 g/mol. The lowest BCUT2D eigenvalue weighted by atomic mass is 10.2. The molecule has 102 valence electrons. The topological polar surface area (TPSA) is 73.3 Å². The van der Waals surface area contributed by atoms with Gasteiger partial charge in [-0.3, -0.25) is 0 Å². The van der Waals surface area contributed by atoms with Crippen LogP contribution in [0.15, 0.2) is 46.9 Å². The Kier molecular flexibility index (Phi) is 3.16. The Labute approximate surface area is 116 Å². The van der Waals surface area contributed by atoms with E-state index >= 15 is 0 Å². The number of nitrogens with zero attached hydrogens (tertiary/aromatic N) is 1. The molecule has 5 heteroatoms. The van der Waals surface area contributed by atoms with E-state index in [0.29, 0.717) is 29.3 Å². The van der Waals surface area contributed by atoms with Crippen LogP contribution >= 0.6 is 0 Å². The molecule has 0 atom stereocenters. The van der Waals surface area contributed by atoms with Gasteiger partial charge in [-0.05, 0) is 18.2 Å². The van der Waals surface area contributed by atoms with Crippen LogP contribution in [0.4, 0.5) is 11.7 Å². The Balaban J connectivity index is 1.82. The Morgan fingerprint density at radius 1 is 1.20 bits per heavy atom. The number of fused-ring (bicyclic) bond motifs is 1. The number of anilines is 2. The largest absolute Gasteiger partial charge is 0.496 e. The van der Waals surface area contributed by atoms with E-state index in [4.69, 9.17) is 14.9 Å². The summed E-state index contributed by atoms with van der Waals surface area (Å²) in [4.78, 5) is 4.34. The number of nitrogens with two attached hydrogens (primary N) is 1. The summed E-state index contributed by atoms with van der Waals surface area (Å²) in [7, 11) is 1.65. The summed E-state index contributed by atoms with van der Waals surface area (Å²) >= 11 is 0. The standard InChI is InChI=1S/C15H15N3O2/c1-19-12-7-3-2-5-10(12)9-17-15-18-14-11(16)6-4-8-13(14)20-15/h2-8H,9,16H2,1H3,(H,17,18). The first-order chi connectivity index (χ1) is 9.78. The van der Waals surface area contributed by atoms with Crippen molar-refractivity contribution in [3.8, 4) is 5.75 Å². The van der Waals surface area contributed by atoms with E-state index in [0.717, 1.165) is 11.3 Å². The van der Waals surface area contributed by atoms with Gasteiger partial charge in [0.15, 0.2) is 5.58 Å². The minimum atomic E-state index is 0.448. The number of nitrogens with one attached hydrogen (secondary N) is 1. The van der Waals surface area contributed by atoms with Crippen molar-refractivity contribution in [2.75, 3.05) is 18.2 Å². The zero-order valence-electron chi connectivity index (χ0n) is 11.1. The molecule has 0 bridgehead atoms. The maximum atomic E-state index is 5.85. The van der Waals surface area contributed by atoms with Crippen LogP contribution in [0.3, 0.4) is 0 Å². The lowest BCUT2D eigenvalue weighted by Crippen LogP contribution is -2.01. The van der Waals surface area contributed by atoms with Gasteiger partial charge in [-0.2, -0.15) is 4.98 Å². The molecule has 3 N–H and O–H groups in total. The van der Waals surface area contributed by atoms with Crippen molar-refractivity contribution in [1.29, 1.82) is 0 Å². The van der Waals surface area contributed by atoms with Gasteiger partial charge in [0, 0.05) is 12.1 Å². The van der Waals surface area contributed by atoms with Gasteiger partial charge in [-0.25, -0.2) is 0 Å². The fourth-order valence-electron chi connectivity index (χ4n) is 2.07. The number of aromatic nitrogens is 1.